The molecule has 1 aliphatic heterocycles. The minimum Gasteiger partial charge on any atom is -0.491 e. The maximum atomic E-state index is 12.5. The van der Waals surface area contributed by atoms with E-state index in [0.29, 0.717) is 18.0 Å². The minimum absolute atomic E-state index is 0.0188. The Labute approximate surface area is 171 Å². The van der Waals surface area contributed by atoms with Crippen LogP contribution in [0, 0.1) is 0 Å². The monoisotopic (exact) mass is 391 g/mol. The highest BCUT2D eigenvalue weighted by molar-refractivity contribution is 5.83. The Morgan fingerprint density at radius 2 is 1.83 bits per heavy atom. The molecule has 1 aliphatic rings. The molecule has 0 aliphatic carbocycles. The summed E-state index contributed by atoms with van der Waals surface area (Å²) in [5, 5.41) is 0.723. The van der Waals surface area contributed by atoms with Crippen molar-refractivity contribution in [2.24, 2.45) is 7.05 Å². The van der Waals surface area contributed by atoms with Crippen LogP contribution in [0.15, 0.2) is 53.3 Å². The summed E-state index contributed by atoms with van der Waals surface area (Å²) in [7, 11) is 1.97. The molecule has 3 aromatic rings. The van der Waals surface area contributed by atoms with Gasteiger partial charge in [-0.25, -0.2) is 0 Å². The van der Waals surface area contributed by atoms with Crippen LogP contribution in [0.25, 0.3) is 22.2 Å². The van der Waals surface area contributed by atoms with E-state index in [9.17, 15) is 4.79 Å². The molecule has 0 amide bonds. The van der Waals surface area contributed by atoms with Gasteiger partial charge in [-0.3, -0.25) is 4.79 Å². The van der Waals surface area contributed by atoms with Crippen molar-refractivity contribution in [2.75, 3.05) is 32.0 Å². The van der Waals surface area contributed by atoms with Crippen LogP contribution in [0.2, 0.25) is 0 Å². The fraction of sp³-hybridized carbons (Fsp3) is 0.375. The zero-order valence-corrected chi connectivity index (χ0v) is 17.1. The lowest BCUT2D eigenvalue weighted by atomic mass is 10.1. The second kappa shape index (κ2) is 8.70. The largest absolute Gasteiger partial charge is 0.491 e. The summed E-state index contributed by atoms with van der Waals surface area (Å²) >= 11 is 0. The number of pyridine rings is 1. The van der Waals surface area contributed by atoms with Crippen LogP contribution in [0.3, 0.4) is 0 Å². The van der Waals surface area contributed by atoms with Gasteiger partial charge in [0.2, 0.25) is 0 Å². The van der Waals surface area contributed by atoms with E-state index >= 15 is 0 Å². The van der Waals surface area contributed by atoms with Crippen molar-refractivity contribution < 1.29 is 4.74 Å². The molecule has 2 aromatic carbocycles. The number of para-hydroxylation sites is 1. The van der Waals surface area contributed by atoms with Crippen LogP contribution in [0.4, 0.5) is 5.69 Å². The number of benzene rings is 2. The molecule has 0 bridgehead atoms. The van der Waals surface area contributed by atoms with Crippen molar-refractivity contribution >= 4 is 16.6 Å². The lowest BCUT2D eigenvalue weighted by molar-refractivity contribution is 0.205. The van der Waals surface area contributed by atoms with Crippen LogP contribution in [0.5, 0.6) is 5.75 Å². The van der Waals surface area contributed by atoms with E-state index in [1.807, 2.05) is 54.1 Å². The molecule has 2 heterocycles. The van der Waals surface area contributed by atoms with E-state index in [1.165, 1.54) is 32.4 Å². The quantitative estimate of drug-likeness (QED) is 0.509. The van der Waals surface area contributed by atoms with Gasteiger partial charge in [-0.1, -0.05) is 18.6 Å². The second-order valence-electron chi connectivity index (χ2n) is 7.83. The number of fused-ring (bicyclic) bond motifs is 1. The molecule has 1 aromatic heterocycles. The molecule has 152 valence electrons. The first-order chi connectivity index (χ1) is 14.1. The van der Waals surface area contributed by atoms with Gasteiger partial charge >= 0.3 is 0 Å². The number of rotatable bonds is 6. The van der Waals surface area contributed by atoms with E-state index in [-0.39, 0.29) is 5.43 Å². The molecule has 2 N–H and O–H groups in total. The highest BCUT2D eigenvalue weighted by Gasteiger charge is 2.11. The van der Waals surface area contributed by atoms with Gasteiger partial charge < -0.3 is 19.9 Å². The second-order valence-corrected chi connectivity index (χ2v) is 7.83. The average Bonchev–Trinajstić information content (AvgIpc) is 2.75. The number of anilines is 1. The standard InChI is InChI=1S/C24H29N3O2/c1-26-21-9-4-3-8-19(21)23(28)17-22(26)18-10-11-24(20(25)16-18)29-15-7-14-27-12-5-2-6-13-27/h3-4,8-11,16-17H,2,5-7,12-15,25H2,1H3. The maximum Gasteiger partial charge on any atom is 0.190 e. The zero-order valence-electron chi connectivity index (χ0n) is 17.1. The van der Waals surface area contributed by atoms with Crippen molar-refractivity contribution in [1.29, 1.82) is 0 Å². The maximum absolute atomic E-state index is 12.5. The van der Waals surface area contributed by atoms with Crippen molar-refractivity contribution in [3.05, 3.63) is 58.8 Å². The normalized spacial score (nSPS) is 14.9. The molecule has 1 saturated heterocycles. The Balaban J connectivity index is 1.47. The summed E-state index contributed by atoms with van der Waals surface area (Å²) in [5.41, 5.74) is 9.54. The molecule has 1 fully saturated rings. The van der Waals surface area contributed by atoms with E-state index < -0.39 is 0 Å². The molecule has 5 nitrogen and oxygen atoms in total. The minimum atomic E-state index is 0.0188. The molecule has 0 spiro atoms. The van der Waals surface area contributed by atoms with Gasteiger partial charge in [0, 0.05) is 30.6 Å². The van der Waals surface area contributed by atoms with E-state index in [2.05, 4.69) is 4.90 Å². The van der Waals surface area contributed by atoms with Crippen LogP contribution >= 0.6 is 0 Å². The summed E-state index contributed by atoms with van der Waals surface area (Å²) < 4.78 is 7.96. The third-order valence-electron chi connectivity index (χ3n) is 5.79. The Morgan fingerprint density at radius 3 is 2.62 bits per heavy atom. The van der Waals surface area contributed by atoms with E-state index in [0.717, 1.165) is 35.1 Å². The van der Waals surface area contributed by atoms with Crippen LogP contribution in [-0.4, -0.2) is 35.7 Å². The first kappa shape index (κ1) is 19.5. The first-order valence-electron chi connectivity index (χ1n) is 10.5. The first-order valence-corrected chi connectivity index (χ1v) is 10.5. The fourth-order valence-corrected chi connectivity index (χ4v) is 4.17. The van der Waals surface area contributed by atoms with Crippen LogP contribution in [0.1, 0.15) is 25.7 Å². The lowest BCUT2D eigenvalue weighted by Crippen LogP contribution is -2.31. The smallest absolute Gasteiger partial charge is 0.190 e. The van der Waals surface area contributed by atoms with Gasteiger partial charge in [0.05, 0.1) is 23.5 Å². The highest BCUT2D eigenvalue weighted by atomic mass is 16.5. The van der Waals surface area contributed by atoms with Gasteiger partial charge in [-0.05, 0) is 62.7 Å². The molecule has 0 radical (unpaired) electrons. The number of ether oxygens (including phenoxy) is 1. The number of hydrogen-bond acceptors (Lipinski definition) is 4. The Kier molecular flexibility index (Phi) is 5.86. The number of piperidine rings is 1. The van der Waals surface area contributed by atoms with Gasteiger partial charge in [0.15, 0.2) is 5.43 Å². The number of aryl methyl sites for hydroxylation is 1. The molecule has 5 heteroatoms. The highest BCUT2D eigenvalue weighted by Crippen LogP contribution is 2.29. The summed E-state index contributed by atoms with van der Waals surface area (Å²) in [6.45, 7) is 4.16. The molecular weight excluding hydrogens is 362 g/mol. The number of likely N-dealkylation sites (tertiary alicyclic amines) is 1. The van der Waals surface area contributed by atoms with Crippen molar-refractivity contribution in [1.82, 2.24) is 9.47 Å². The predicted octanol–water partition coefficient (Wildman–Crippen LogP) is 4.04. The van der Waals surface area contributed by atoms with Crippen LogP contribution < -0.4 is 15.9 Å². The number of nitrogen functional groups attached to an aromatic ring is 1. The fourth-order valence-electron chi connectivity index (χ4n) is 4.17. The third-order valence-corrected chi connectivity index (χ3v) is 5.79. The number of aromatic nitrogens is 1. The Morgan fingerprint density at radius 1 is 1.03 bits per heavy atom. The molecule has 29 heavy (non-hydrogen) atoms. The van der Waals surface area contributed by atoms with E-state index in [4.69, 9.17) is 10.5 Å². The molecular formula is C24H29N3O2. The summed E-state index contributed by atoms with van der Waals surface area (Å²) in [4.78, 5) is 15.0. The third kappa shape index (κ3) is 4.30. The van der Waals surface area contributed by atoms with Crippen LogP contribution in [-0.2, 0) is 7.05 Å². The molecule has 4 rings (SSSR count). The predicted molar refractivity (Wildman–Crippen MR) is 119 cm³/mol. The Bertz CT molecular complexity index is 1050. The number of hydrogen-bond donors (Lipinski definition) is 1. The van der Waals surface area contributed by atoms with Crippen molar-refractivity contribution in [3.63, 3.8) is 0 Å². The van der Waals surface area contributed by atoms with Gasteiger partial charge in [-0.15, -0.1) is 0 Å². The van der Waals surface area contributed by atoms with Crippen molar-refractivity contribution in [2.45, 2.75) is 25.7 Å². The number of nitrogens with two attached hydrogens (primary N) is 1. The zero-order chi connectivity index (χ0) is 20.2. The summed E-state index contributed by atoms with van der Waals surface area (Å²) in [5.74, 6) is 0.707. The topological polar surface area (TPSA) is 60.5 Å². The van der Waals surface area contributed by atoms with Gasteiger partial charge in [-0.2, -0.15) is 0 Å². The Hall–Kier alpha value is -2.79. The lowest BCUT2D eigenvalue weighted by Gasteiger charge is -2.26. The summed E-state index contributed by atoms with van der Waals surface area (Å²) in [6, 6.07) is 15.1. The molecule has 0 atom stereocenters. The summed E-state index contributed by atoms with van der Waals surface area (Å²) in [6.07, 6.45) is 4.98. The number of nitrogens with zero attached hydrogens (tertiary/aromatic N) is 2. The molecule has 0 saturated carbocycles. The van der Waals surface area contributed by atoms with Gasteiger partial charge in [0.1, 0.15) is 5.75 Å². The SMILES string of the molecule is Cn1c(-c2ccc(OCCCN3CCCCC3)c(N)c2)cc(=O)c2ccccc21. The van der Waals surface area contributed by atoms with Gasteiger partial charge in [0.25, 0.3) is 0 Å². The van der Waals surface area contributed by atoms with E-state index in [1.54, 1.807) is 6.07 Å². The molecule has 0 unspecified atom stereocenters. The average molecular weight is 392 g/mol. The van der Waals surface area contributed by atoms with Crippen molar-refractivity contribution in [3.8, 4) is 17.0 Å².